The molecule has 0 spiro atoms. The van der Waals surface area contributed by atoms with E-state index < -0.39 is 18.1 Å². The molecule has 0 aliphatic carbocycles. The number of Topliss-reactive ketones (excluding diaryl/α,β-unsaturated/α-hetero) is 1. The molecule has 0 aliphatic rings. The predicted molar refractivity (Wildman–Crippen MR) is 131 cm³/mol. The zero-order chi connectivity index (χ0) is 24.5. The Morgan fingerprint density at radius 2 is 1.50 bits per heavy atom. The van der Waals surface area contributed by atoms with Crippen LogP contribution in [0.1, 0.15) is 85.5 Å². The predicted octanol–water partition coefficient (Wildman–Crippen LogP) is 1.81. The number of carbonyl (C=O) groups excluding carboxylic acids is 3. The molecule has 2 amide bonds. The van der Waals surface area contributed by atoms with Crippen LogP contribution in [0.4, 0.5) is 0 Å². The molecule has 0 unspecified atom stereocenters. The Labute approximate surface area is 195 Å². The number of nitrogens with two attached hydrogens (primary N) is 2. The number of hydrogen-bond acceptors (Lipinski definition) is 6. The Balaban J connectivity index is 5.01. The number of ketones is 1. The summed E-state index contributed by atoms with van der Waals surface area (Å²) in [6, 6.07) is -1.55. The first kappa shape index (κ1) is 30.5. The van der Waals surface area contributed by atoms with E-state index in [2.05, 4.69) is 36.7 Å². The summed E-state index contributed by atoms with van der Waals surface area (Å²) < 4.78 is 0. The first-order chi connectivity index (χ1) is 15.1. The molecular formula is C24H48N5O3. The molecule has 0 rings (SSSR count). The Kier molecular flexibility index (Phi) is 17.1. The van der Waals surface area contributed by atoms with Gasteiger partial charge in [-0.15, -0.1) is 0 Å². The van der Waals surface area contributed by atoms with Crippen LogP contribution < -0.4 is 27.4 Å². The third kappa shape index (κ3) is 14.5. The molecule has 7 N–H and O–H groups in total. The van der Waals surface area contributed by atoms with Crippen LogP contribution in [-0.2, 0) is 14.4 Å². The lowest BCUT2D eigenvalue weighted by molar-refractivity contribution is -0.132. The van der Waals surface area contributed by atoms with Gasteiger partial charge in [0.25, 0.3) is 0 Å². The monoisotopic (exact) mass is 454 g/mol. The Morgan fingerprint density at radius 1 is 0.875 bits per heavy atom. The normalized spacial score (nSPS) is 14.3. The minimum absolute atomic E-state index is 0.0155. The van der Waals surface area contributed by atoms with Crippen molar-refractivity contribution in [1.29, 1.82) is 0 Å². The van der Waals surface area contributed by atoms with Gasteiger partial charge in [-0.25, -0.2) is 0 Å². The summed E-state index contributed by atoms with van der Waals surface area (Å²) in [5.74, 6) is -0.499. The maximum atomic E-state index is 13.0. The smallest absolute Gasteiger partial charge is 0.243 e. The van der Waals surface area contributed by atoms with Gasteiger partial charge in [0.05, 0.1) is 12.1 Å². The Morgan fingerprint density at radius 3 is 2.06 bits per heavy atom. The minimum atomic E-state index is -0.722. The van der Waals surface area contributed by atoms with Gasteiger partial charge in [0.15, 0.2) is 5.78 Å². The first-order valence-corrected chi connectivity index (χ1v) is 12.2. The molecule has 8 nitrogen and oxygen atoms in total. The van der Waals surface area contributed by atoms with Crippen molar-refractivity contribution in [3.63, 3.8) is 0 Å². The van der Waals surface area contributed by atoms with Crippen molar-refractivity contribution in [1.82, 2.24) is 16.0 Å². The highest BCUT2D eigenvalue weighted by Gasteiger charge is 2.28. The van der Waals surface area contributed by atoms with Gasteiger partial charge < -0.3 is 27.4 Å². The molecule has 187 valence electrons. The molecule has 32 heavy (non-hydrogen) atoms. The molecule has 0 heterocycles. The summed E-state index contributed by atoms with van der Waals surface area (Å²) in [6.45, 7) is 13.3. The van der Waals surface area contributed by atoms with E-state index in [4.69, 9.17) is 11.5 Å². The van der Waals surface area contributed by atoms with E-state index >= 15 is 0 Å². The third-order valence-electron chi connectivity index (χ3n) is 5.25. The van der Waals surface area contributed by atoms with Crippen LogP contribution in [0.3, 0.4) is 0 Å². The topological polar surface area (TPSA) is 139 Å². The number of unbranched alkanes of at least 4 members (excludes halogenated alkanes) is 2. The summed E-state index contributed by atoms with van der Waals surface area (Å²) in [6.07, 6.45) is 5.69. The van der Waals surface area contributed by atoms with Gasteiger partial charge in [-0.2, -0.15) is 0 Å². The molecule has 0 fully saturated rings. The first-order valence-electron chi connectivity index (χ1n) is 12.2. The van der Waals surface area contributed by atoms with Crippen LogP contribution in [0.25, 0.3) is 0 Å². The molecular weight excluding hydrogens is 406 g/mol. The number of hydrogen-bond donors (Lipinski definition) is 5. The van der Waals surface area contributed by atoms with Crippen molar-refractivity contribution in [2.75, 3.05) is 13.1 Å². The van der Waals surface area contributed by atoms with Gasteiger partial charge >= 0.3 is 0 Å². The Hall–Kier alpha value is -1.51. The fourth-order valence-corrected chi connectivity index (χ4v) is 3.42. The summed E-state index contributed by atoms with van der Waals surface area (Å²) in [5, 5.41) is 9.05. The van der Waals surface area contributed by atoms with Crippen molar-refractivity contribution in [3.8, 4) is 0 Å². The van der Waals surface area contributed by atoms with E-state index in [-0.39, 0.29) is 23.5 Å². The second-order valence-corrected chi connectivity index (χ2v) is 9.32. The van der Waals surface area contributed by atoms with Crippen LogP contribution in [0.15, 0.2) is 0 Å². The summed E-state index contributed by atoms with van der Waals surface area (Å²) >= 11 is 0. The Bertz CT molecular complexity index is 540. The van der Waals surface area contributed by atoms with Crippen LogP contribution in [0.5, 0.6) is 0 Å². The van der Waals surface area contributed by atoms with Crippen molar-refractivity contribution < 1.29 is 14.4 Å². The van der Waals surface area contributed by atoms with Gasteiger partial charge in [-0.3, -0.25) is 14.4 Å². The average Bonchev–Trinajstić information content (AvgIpc) is 2.71. The van der Waals surface area contributed by atoms with E-state index in [1.165, 1.54) is 0 Å². The van der Waals surface area contributed by atoms with E-state index in [0.29, 0.717) is 44.7 Å². The van der Waals surface area contributed by atoms with E-state index in [9.17, 15) is 14.4 Å². The molecule has 1 radical (unpaired) electrons. The SMILES string of the molecule is [CH2]CCC(=O)[C@@H](CCCCNC(C)C)NC(=O)[C@@H](CC(C)C)NC(=O)[C@H](N)CCCCN. The summed E-state index contributed by atoms with van der Waals surface area (Å²) in [7, 11) is 0. The van der Waals surface area contributed by atoms with Gasteiger partial charge in [0.1, 0.15) is 6.04 Å². The molecule has 8 heteroatoms. The number of amides is 2. The summed E-state index contributed by atoms with van der Waals surface area (Å²) in [5.41, 5.74) is 11.5. The van der Waals surface area contributed by atoms with Gasteiger partial charge in [0.2, 0.25) is 11.8 Å². The highest BCUT2D eigenvalue weighted by Crippen LogP contribution is 2.10. The summed E-state index contributed by atoms with van der Waals surface area (Å²) in [4.78, 5) is 38.1. The highest BCUT2D eigenvalue weighted by atomic mass is 16.2. The fourth-order valence-electron chi connectivity index (χ4n) is 3.42. The van der Waals surface area contributed by atoms with Crippen molar-refractivity contribution in [2.45, 2.75) is 110 Å². The number of nitrogens with one attached hydrogen (secondary N) is 3. The second kappa shape index (κ2) is 18.0. The molecule has 0 saturated heterocycles. The average molecular weight is 455 g/mol. The number of rotatable bonds is 19. The maximum Gasteiger partial charge on any atom is 0.243 e. The zero-order valence-electron chi connectivity index (χ0n) is 20.8. The molecule has 0 saturated carbocycles. The fraction of sp³-hybridized carbons (Fsp3) is 0.833. The lowest BCUT2D eigenvalue weighted by Gasteiger charge is -2.25. The van der Waals surface area contributed by atoms with Gasteiger partial charge in [0, 0.05) is 12.5 Å². The van der Waals surface area contributed by atoms with Crippen LogP contribution >= 0.6 is 0 Å². The van der Waals surface area contributed by atoms with Crippen molar-refractivity contribution in [2.24, 2.45) is 17.4 Å². The van der Waals surface area contributed by atoms with Crippen LogP contribution in [-0.4, -0.2) is 54.9 Å². The lowest BCUT2D eigenvalue weighted by Crippen LogP contribution is -2.54. The van der Waals surface area contributed by atoms with E-state index in [1.54, 1.807) is 0 Å². The quantitative estimate of drug-likeness (QED) is 0.189. The van der Waals surface area contributed by atoms with Crippen molar-refractivity contribution >= 4 is 17.6 Å². The molecule has 0 aromatic heterocycles. The zero-order valence-corrected chi connectivity index (χ0v) is 20.8. The highest BCUT2D eigenvalue weighted by molar-refractivity contribution is 5.93. The van der Waals surface area contributed by atoms with E-state index in [0.717, 1.165) is 32.2 Å². The molecule has 3 atom stereocenters. The van der Waals surface area contributed by atoms with Crippen LogP contribution in [0.2, 0.25) is 0 Å². The standard InChI is InChI=1S/C24H48N5O3/c1-6-11-22(30)20(13-8-10-15-27-18(4)5)28-24(32)21(16-17(2)3)29-23(31)19(26)12-7-9-14-25/h17-21,27H,1,6-16,25-26H2,2-5H3,(H,28,32)(H,29,31)/t19-,20-,21-/m1/s1. The molecule has 0 aromatic rings. The van der Waals surface area contributed by atoms with E-state index in [1.807, 2.05) is 13.8 Å². The largest absolute Gasteiger partial charge is 0.345 e. The van der Waals surface area contributed by atoms with Crippen molar-refractivity contribution in [3.05, 3.63) is 6.92 Å². The minimum Gasteiger partial charge on any atom is -0.345 e. The van der Waals surface area contributed by atoms with Crippen LogP contribution in [0, 0.1) is 12.8 Å². The molecule has 0 aliphatic heterocycles. The number of carbonyl (C=O) groups is 3. The second-order valence-electron chi connectivity index (χ2n) is 9.32. The van der Waals surface area contributed by atoms with Gasteiger partial charge in [-0.05, 0) is 64.0 Å². The molecule has 0 aromatic carbocycles. The van der Waals surface area contributed by atoms with Gasteiger partial charge in [-0.1, -0.05) is 41.0 Å². The molecule has 0 bridgehead atoms. The third-order valence-corrected chi connectivity index (χ3v) is 5.25. The maximum absolute atomic E-state index is 13.0. The lowest BCUT2D eigenvalue weighted by atomic mass is 9.99.